The van der Waals surface area contributed by atoms with Crippen molar-refractivity contribution in [3.05, 3.63) is 22.6 Å². The lowest BCUT2D eigenvalue weighted by molar-refractivity contribution is 0.253. The minimum atomic E-state index is 0.605. The monoisotopic (exact) mass is 277 g/mol. The first-order valence-electron chi connectivity index (χ1n) is 6.96. The first-order valence-corrected chi connectivity index (χ1v) is 7.36. The molecule has 2 aromatic heterocycles. The summed E-state index contributed by atoms with van der Waals surface area (Å²) in [6, 6.07) is 2.01. The van der Waals surface area contributed by atoms with Crippen LogP contribution < -0.4 is 0 Å². The van der Waals surface area contributed by atoms with Gasteiger partial charge in [0.25, 0.3) is 0 Å². The molecule has 0 spiro atoms. The second-order valence-electron chi connectivity index (χ2n) is 6.02. The van der Waals surface area contributed by atoms with Gasteiger partial charge in [-0.2, -0.15) is 0 Å². The van der Waals surface area contributed by atoms with Gasteiger partial charge in [0.05, 0.1) is 5.52 Å². The first kappa shape index (κ1) is 14.3. The number of aryl methyl sites for hydroxylation is 1. The highest BCUT2D eigenvalue weighted by Crippen LogP contribution is 2.25. The number of hydrogen-bond donors (Lipinski definition) is 1. The number of fused-ring (bicyclic) bond motifs is 1. The number of rotatable bonds is 4. The Kier molecular flexibility index (Phi) is 4.09. The zero-order valence-corrected chi connectivity index (χ0v) is 13.2. The average molecular weight is 277 g/mol. The van der Waals surface area contributed by atoms with Gasteiger partial charge in [-0.1, -0.05) is 27.7 Å². The Morgan fingerprint density at radius 2 is 1.89 bits per heavy atom. The Labute approximate surface area is 120 Å². The normalized spacial score (nSPS) is 12.2. The van der Waals surface area contributed by atoms with Crippen LogP contribution in [0.2, 0.25) is 0 Å². The third-order valence-electron chi connectivity index (χ3n) is 3.98. The molecule has 4 heteroatoms. The van der Waals surface area contributed by atoms with E-state index >= 15 is 0 Å². The molecule has 0 radical (unpaired) electrons. The van der Waals surface area contributed by atoms with Crippen molar-refractivity contribution in [3.63, 3.8) is 0 Å². The van der Waals surface area contributed by atoms with Gasteiger partial charge < -0.3 is 9.55 Å². The lowest BCUT2D eigenvalue weighted by atomic mass is 9.85. The van der Waals surface area contributed by atoms with E-state index in [0.717, 1.165) is 22.5 Å². The number of pyridine rings is 1. The van der Waals surface area contributed by atoms with Crippen molar-refractivity contribution in [2.75, 3.05) is 0 Å². The Bertz CT molecular complexity index is 614. The van der Waals surface area contributed by atoms with Crippen molar-refractivity contribution in [3.8, 4) is 0 Å². The average Bonchev–Trinajstić information content (AvgIpc) is 2.63. The number of imidazole rings is 1. The number of aromatic amines is 1. The summed E-state index contributed by atoms with van der Waals surface area (Å²) < 4.78 is 2.94. The summed E-state index contributed by atoms with van der Waals surface area (Å²) in [5.41, 5.74) is 3.25. The van der Waals surface area contributed by atoms with Crippen LogP contribution in [0.4, 0.5) is 0 Å². The van der Waals surface area contributed by atoms with E-state index in [0.29, 0.717) is 17.8 Å². The van der Waals surface area contributed by atoms with Crippen LogP contribution in [-0.4, -0.2) is 14.5 Å². The molecule has 2 heterocycles. The summed E-state index contributed by atoms with van der Waals surface area (Å²) in [5, 5.41) is 0. The largest absolute Gasteiger partial charge is 0.329 e. The van der Waals surface area contributed by atoms with E-state index in [1.807, 2.05) is 12.3 Å². The first-order chi connectivity index (χ1) is 8.91. The van der Waals surface area contributed by atoms with Crippen LogP contribution in [0.3, 0.4) is 0 Å². The van der Waals surface area contributed by atoms with E-state index in [2.05, 4.69) is 49.2 Å². The molecular formula is C15H23N3S. The number of nitrogens with zero attached hydrogens (tertiary/aromatic N) is 2. The van der Waals surface area contributed by atoms with E-state index in [-0.39, 0.29) is 0 Å². The fraction of sp³-hybridized carbons (Fsp3) is 0.600. The van der Waals surface area contributed by atoms with E-state index in [9.17, 15) is 0 Å². The molecule has 0 saturated carbocycles. The molecule has 104 valence electrons. The lowest BCUT2D eigenvalue weighted by Gasteiger charge is -2.25. The maximum Gasteiger partial charge on any atom is 0.179 e. The van der Waals surface area contributed by atoms with Crippen molar-refractivity contribution in [2.45, 2.75) is 41.2 Å². The molecule has 0 aliphatic rings. The van der Waals surface area contributed by atoms with E-state index in [1.165, 1.54) is 5.56 Å². The zero-order chi connectivity index (χ0) is 14.2. The van der Waals surface area contributed by atoms with Crippen LogP contribution in [0.15, 0.2) is 12.3 Å². The van der Waals surface area contributed by atoms with Crippen LogP contribution in [0.1, 0.15) is 33.3 Å². The van der Waals surface area contributed by atoms with Crippen molar-refractivity contribution in [1.82, 2.24) is 14.5 Å². The van der Waals surface area contributed by atoms with Gasteiger partial charge in [0.1, 0.15) is 0 Å². The molecule has 0 atom stereocenters. The van der Waals surface area contributed by atoms with Crippen molar-refractivity contribution >= 4 is 23.4 Å². The van der Waals surface area contributed by atoms with Gasteiger partial charge in [-0.25, -0.2) is 4.98 Å². The fourth-order valence-electron chi connectivity index (χ4n) is 2.75. The molecule has 0 amide bonds. The molecule has 19 heavy (non-hydrogen) atoms. The van der Waals surface area contributed by atoms with Gasteiger partial charge in [0.2, 0.25) is 0 Å². The molecule has 1 N–H and O–H groups in total. The molecule has 0 aliphatic heterocycles. The maximum atomic E-state index is 5.47. The van der Waals surface area contributed by atoms with E-state index < -0.39 is 0 Å². The minimum absolute atomic E-state index is 0.605. The standard InChI is InChI=1S/C15H23N3S/c1-9(2)12(10(3)4)8-18-14-13(17-15(18)19)11(5)6-7-16-14/h6-7,9-10,12H,8H2,1-5H3,(H,17,19). The Balaban J connectivity index is 2.48. The van der Waals surface area contributed by atoms with Crippen LogP contribution in [0.5, 0.6) is 0 Å². The van der Waals surface area contributed by atoms with E-state index in [4.69, 9.17) is 12.2 Å². The molecule has 2 rings (SSSR count). The molecule has 0 saturated heterocycles. The van der Waals surface area contributed by atoms with Crippen LogP contribution in [0, 0.1) is 29.4 Å². The van der Waals surface area contributed by atoms with Gasteiger partial charge in [-0.3, -0.25) is 0 Å². The predicted octanol–water partition coefficient (Wildman–Crippen LogP) is 4.33. The molecule has 2 aromatic rings. The highest BCUT2D eigenvalue weighted by molar-refractivity contribution is 7.71. The molecule has 0 aromatic carbocycles. The third kappa shape index (κ3) is 2.73. The van der Waals surface area contributed by atoms with Gasteiger partial charge in [0.15, 0.2) is 10.4 Å². The Morgan fingerprint density at radius 1 is 1.26 bits per heavy atom. The molecule has 0 fully saturated rings. The van der Waals surface area contributed by atoms with Gasteiger partial charge >= 0.3 is 0 Å². The van der Waals surface area contributed by atoms with Crippen LogP contribution in [-0.2, 0) is 6.54 Å². The smallest absolute Gasteiger partial charge is 0.179 e. The SMILES string of the molecule is Cc1ccnc2c1[nH]c(=S)n2CC(C(C)C)C(C)C. The number of aromatic nitrogens is 3. The number of hydrogen-bond acceptors (Lipinski definition) is 2. The highest BCUT2D eigenvalue weighted by atomic mass is 32.1. The fourth-order valence-corrected chi connectivity index (χ4v) is 3.01. The number of H-pyrrole nitrogens is 1. The predicted molar refractivity (Wildman–Crippen MR) is 82.8 cm³/mol. The molecular weight excluding hydrogens is 254 g/mol. The molecule has 0 unspecified atom stereocenters. The van der Waals surface area contributed by atoms with Crippen molar-refractivity contribution in [2.24, 2.45) is 17.8 Å². The minimum Gasteiger partial charge on any atom is -0.329 e. The molecule has 0 aliphatic carbocycles. The van der Waals surface area contributed by atoms with Crippen LogP contribution >= 0.6 is 12.2 Å². The van der Waals surface area contributed by atoms with Crippen molar-refractivity contribution in [1.29, 1.82) is 0 Å². The van der Waals surface area contributed by atoms with Crippen molar-refractivity contribution < 1.29 is 0 Å². The molecule has 0 bridgehead atoms. The maximum absolute atomic E-state index is 5.47. The summed E-state index contributed by atoms with van der Waals surface area (Å²) in [5.74, 6) is 1.88. The molecule has 3 nitrogen and oxygen atoms in total. The van der Waals surface area contributed by atoms with Gasteiger partial charge in [-0.05, 0) is 48.5 Å². The summed E-state index contributed by atoms with van der Waals surface area (Å²) in [6.07, 6.45) is 1.86. The second kappa shape index (κ2) is 5.45. The summed E-state index contributed by atoms with van der Waals surface area (Å²) >= 11 is 5.47. The highest BCUT2D eigenvalue weighted by Gasteiger charge is 2.20. The second-order valence-corrected chi connectivity index (χ2v) is 6.41. The summed E-state index contributed by atoms with van der Waals surface area (Å²) in [6.45, 7) is 12.1. The zero-order valence-electron chi connectivity index (χ0n) is 12.4. The van der Waals surface area contributed by atoms with Gasteiger partial charge in [0, 0.05) is 12.7 Å². The topological polar surface area (TPSA) is 33.6 Å². The number of nitrogens with one attached hydrogen (secondary N) is 1. The Hall–Kier alpha value is -1.16. The summed E-state index contributed by atoms with van der Waals surface area (Å²) in [4.78, 5) is 7.79. The lowest BCUT2D eigenvalue weighted by Crippen LogP contribution is -2.22. The van der Waals surface area contributed by atoms with Gasteiger partial charge in [-0.15, -0.1) is 0 Å². The van der Waals surface area contributed by atoms with Crippen LogP contribution in [0.25, 0.3) is 11.2 Å². The summed E-state index contributed by atoms with van der Waals surface area (Å²) in [7, 11) is 0. The Morgan fingerprint density at radius 3 is 2.47 bits per heavy atom. The van der Waals surface area contributed by atoms with E-state index in [1.54, 1.807) is 0 Å². The third-order valence-corrected chi connectivity index (χ3v) is 4.30. The quantitative estimate of drug-likeness (QED) is 0.844.